The van der Waals surface area contributed by atoms with E-state index >= 15 is 0 Å². The van der Waals surface area contributed by atoms with E-state index in [2.05, 4.69) is 5.32 Å². The molecule has 102 valence electrons. The van der Waals surface area contributed by atoms with Gasteiger partial charge in [-0.05, 0) is 32.6 Å². The van der Waals surface area contributed by atoms with Gasteiger partial charge in [0.15, 0.2) is 0 Å². The zero-order chi connectivity index (χ0) is 13.2. The highest BCUT2D eigenvalue weighted by atomic mass is 16.2. The molecule has 0 aromatic heterocycles. The summed E-state index contributed by atoms with van der Waals surface area (Å²) in [7, 11) is 1.66. The van der Waals surface area contributed by atoms with Crippen molar-refractivity contribution in [1.29, 1.82) is 0 Å². The van der Waals surface area contributed by atoms with Crippen LogP contribution in [0.2, 0.25) is 0 Å². The predicted molar refractivity (Wildman–Crippen MR) is 69.2 cm³/mol. The number of nitrogens with zero attached hydrogens (tertiary/aromatic N) is 2. The van der Waals surface area contributed by atoms with Crippen LogP contribution in [-0.2, 0) is 4.79 Å². The Balaban J connectivity index is 1.95. The van der Waals surface area contributed by atoms with Gasteiger partial charge in [-0.3, -0.25) is 4.79 Å². The van der Waals surface area contributed by atoms with Gasteiger partial charge in [0.05, 0.1) is 5.41 Å². The van der Waals surface area contributed by atoms with Crippen molar-refractivity contribution in [3.63, 3.8) is 0 Å². The summed E-state index contributed by atoms with van der Waals surface area (Å²) in [6.45, 7) is 4.91. The highest BCUT2D eigenvalue weighted by molar-refractivity contribution is 5.84. The summed E-state index contributed by atoms with van der Waals surface area (Å²) in [6, 6.07) is 0.113. The van der Waals surface area contributed by atoms with Gasteiger partial charge in [-0.25, -0.2) is 4.79 Å². The Morgan fingerprint density at radius 3 is 2.33 bits per heavy atom. The third-order valence-corrected chi connectivity index (χ3v) is 4.15. The van der Waals surface area contributed by atoms with Gasteiger partial charge in [0, 0.05) is 33.2 Å². The summed E-state index contributed by atoms with van der Waals surface area (Å²) in [5.41, 5.74) is -0.416. The van der Waals surface area contributed by atoms with Gasteiger partial charge in [0.1, 0.15) is 0 Å². The molecule has 0 bridgehead atoms. The Hall–Kier alpha value is -1.26. The quantitative estimate of drug-likeness (QED) is 0.759. The molecule has 5 nitrogen and oxygen atoms in total. The lowest BCUT2D eigenvalue weighted by molar-refractivity contribution is -0.128. The highest BCUT2D eigenvalue weighted by Crippen LogP contribution is 2.31. The summed E-state index contributed by atoms with van der Waals surface area (Å²) >= 11 is 0. The highest BCUT2D eigenvalue weighted by Gasteiger charge is 2.42. The Labute approximate surface area is 108 Å². The van der Waals surface area contributed by atoms with Gasteiger partial charge < -0.3 is 15.1 Å². The normalized spacial score (nSPS) is 28.3. The first-order valence-electron chi connectivity index (χ1n) is 6.83. The molecule has 2 rings (SSSR count). The molecule has 5 heteroatoms. The molecular formula is C13H23N3O2. The average molecular weight is 253 g/mol. The Bertz CT molecular complexity index is 339. The minimum Gasteiger partial charge on any atom is -0.359 e. The third kappa shape index (κ3) is 2.44. The number of hydrogen-bond donors (Lipinski definition) is 1. The lowest BCUT2D eigenvalue weighted by Gasteiger charge is -2.31. The second-order valence-electron chi connectivity index (χ2n) is 5.64. The largest absolute Gasteiger partial charge is 0.359 e. The summed E-state index contributed by atoms with van der Waals surface area (Å²) in [6.07, 6.45) is 4.19. The van der Waals surface area contributed by atoms with E-state index in [1.54, 1.807) is 7.05 Å². The fraction of sp³-hybridized carbons (Fsp3) is 0.846. The topological polar surface area (TPSA) is 52.7 Å². The van der Waals surface area contributed by atoms with Crippen molar-refractivity contribution in [3.05, 3.63) is 0 Å². The number of nitrogens with one attached hydrogen (secondary N) is 1. The van der Waals surface area contributed by atoms with Gasteiger partial charge in [0.25, 0.3) is 0 Å². The lowest BCUT2D eigenvalue weighted by Crippen LogP contribution is -2.46. The van der Waals surface area contributed by atoms with Crippen LogP contribution in [0.5, 0.6) is 0 Å². The predicted octanol–water partition coefficient (Wildman–Crippen LogP) is 1.05. The molecular weight excluding hydrogens is 230 g/mol. The Kier molecular flexibility index (Phi) is 3.78. The molecule has 3 amide bonds. The van der Waals surface area contributed by atoms with Crippen molar-refractivity contribution in [2.45, 2.75) is 32.6 Å². The molecule has 2 aliphatic heterocycles. The van der Waals surface area contributed by atoms with Crippen molar-refractivity contribution >= 4 is 11.9 Å². The fourth-order valence-electron chi connectivity index (χ4n) is 2.90. The third-order valence-electron chi connectivity index (χ3n) is 4.15. The standard InChI is InChI=1S/C13H23N3O2/c1-13(11(17)14-2)6-9-16(10-13)12(18)15-7-4-3-5-8-15/h3-10H2,1-2H3,(H,14,17). The molecule has 0 aromatic rings. The van der Waals surface area contributed by atoms with Gasteiger partial charge in [-0.2, -0.15) is 0 Å². The summed E-state index contributed by atoms with van der Waals surface area (Å²) in [4.78, 5) is 27.9. The maximum Gasteiger partial charge on any atom is 0.320 e. The first kappa shape index (κ1) is 13.2. The van der Waals surface area contributed by atoms with Crippen LogP contribution in [0.1, 0.15) is 32.6 Å². The number of carbonyl (C=O) groups is 2. The average Bonchev–Trinajstić information content (AvgIpc) is 2.82. The first-order valence-corrected chi connectivity index (χ1v) is 6.83. The van der Waals surface area contributed by atoms with Crippen LogP contribution in [-0.4, -0.2) is 55.0 Å². The second-order valence-corrected chi connectivity index (χ2v) is 5.64. The Morgan fingerprint density at radius 1 is 1.06 bits per heavy atom. The number of piperidine rings is 1. The van der Waals surface area contributed by atoms with E-state index in [9.17, 15) is 9.59 Å². The maximum absolute atomic E-state index is 12.3. The molecule has 0 aromatic carbocycles. The Morgan fingerprint density at radius 2 is 1.72 bits per heavy atom. The summed E-state index contributed by atoms with van der Waals surface area (Å²) < 4.78 is 0. The van der Waals surface area contributed by atoms with E-state index in [1.807, 2.05) is 16.7 Å². The molecule has 18 heavy (non-hydrogen) atoms. The van der Waals surface area contributed by atoms with Crippen molar-refractivity contribution in [1.82, 2.24) is 15.1 Å². The van der Waals surface area contributed by atoms with Crippen molar-refractivity contribution < 1.29 is 9.59 Å². The number of rotatable bonds is 1. The van der Waals surface area contributed by atoms with Crippen molar-refractivity contribution in [3.8, 4) is 0 Å². The van der Waals surface area contributed by atoms with Crippen LogP contribution in [0, 0.1) is 5.41 Å². The molecule has 2 fully saturated rings. The zero-order valence-corrected chi connectivity index (χ0v) is 11.4. The van der Waals surface area contributed by atoms with Crippen LogP contribution in [0.4, 0.5) is 4.79 Å². The number of likely N-dealkylation sites (tertiary alicyclic amines) is 2. The van der Waals surface area contributed by atoms with Gasteiger partial charge in [-0.15, -0.1) is 0 Å². The summed E-state index contributed by atoms with van der Waals surface area (Å²) in [5, 5.41) is 2.70. The molecule has 1 atom stereocenters. The summed E-state index contributed by atoms with van der Waals surface area (Å²) in [5.74, 6) is 0.0384. The van der Waals surface area contributed by atoms with Gasteiger partial charge in [-0.1, -0.05) is 0 Å². The monoisotopic (exact) mass is 253 g/mol. The minimum absolute atomic E-state index is 0.0384. The lowest BCUT2D eigenvalue weighted by atomic mass is 9.89. The molecule has 2 saturated heterocycles. The molecule has 1 unspecified atom stereocenters. The molecule has 0 radical (unpaired) electrons. The van der Waals surface area contributed by atoms with E-state index in [1.165, 1.54) is 6.42 Å². The molecule has 2 aliphatic rings. The van der Waals surface area contributed by atoms with Crippen LogP contribution in [0.15, 0.2) is 0 Å². The van der Waals surface area contributed by atoms with E-state index in [-0.39, 0.29) is 11.9 Å². The number of amides is 3. The second kappa shape index (κ2) is 5.16. The van der Waals surface area contributed by atoms with Crippen LogP contribution in [0.25, 0.3) is 0 Å². The number of urea groups is 1. The van der Waals surface area contributed by atoms with Crippen molar-refractivity contribution in [2.24, 2.45) is 5.41 Å². The van der Waals surface area contributed by atoms with Crippen LogP contribution in [0.3, 0.4) is 0 Å². The van der Waals surface area contributed by atoms with E-state index in [0.717, 1.165) is 32.4 Å². The van der Waals surface area contributed by atoms with Crippen LogP contribution < -0.4 is 5.32 Å². The SMILES string of the molecule is CNC(=O)C1(C)CCN(C(=O)N2CCCCC2)C1. The molecule has 1 N–H and O–H groups in total. The number of carbonyl (C=O) groups excluding carboxylic acids is 2. The van der Waals surface area contributed by atoms with E-state index in [4.69, 9.17) is 0 Å². The first-order chi connectivity index (χ1) is 8.57. The fourth-order valence-corrected chi connectivity index (χ4v) is 2.90. The number of hydrogen-bond acceptors (Lipinski definition) is 2. The molecule has 0 spiro atoms. The van der Waals surface area contributed by atoms with Crippen molar-refractivity contribution in [2.75, 3.05) is 33.2 Å². The molecule has 0 saturated carbocycles. The smallest absolute Gasteiger partial charge is 0.320 e. The maximum atomic E-state index is 12.3. The molecule has 0 aliphatic carbocycles. The van der Waals surface area contributed by atoms with E-state index < -0.39 is 5.41 Å². The van der Waals surface area contributed by atoms with Crippen LogP contribution >= 0.6 is 0 Å². The molecule has 2 heterocycles. The zero-order valence-electron chi connectivity index (χ0n) is 11.4. The minimum atomic E-state index is -0.416. The van der Waals surface area contributed by atoms with Gasteiger partial charge in [0.2, 0.25) is 5.91 Å². The van der Waals surface area contributed by atoms with Gasteiger partial charge >= 0.3 is 6.03 Å². The van der Waals surface area contributed by atoms with E-state index in [0.29, 0.717) is 13.1 Å².